The van der Waals surface area contributed by atoms with Gasteiger partial charge in [-0.3, -0.25) is 9.59 Å². The Morgan fingerprint density at radius 3 is 2.71 bits per heavy atom. The van der Waals surface area contributed by atoms with Crippen LogP contribution in [0, 0.1) is 0 Å². The van der Waals surface area contributed by atoms with E-state index in [9.17, 15) is 14.4 Å². The van der Waals surface area contributed by atoms with Gasteiger partial charge in [0.15, 0.2) is 6.61 Å². The van der Waals surface area contributed by atoms with Crippen molar-refractivity contribution in [3.8, 4) is 0 Å². The number of carbonyl (C=O) groups is 3. The number of esters is 1. The Morgan fingerprint density at radius 2 is 2.06 bits per heavy atom. The SMILES string of the molecule is CC(=O)NC1(C(=O)OCC(=O)N2N=C(c3cccs3)CC2c2ccco2)CCCCC1. The minimum absolute atomic E-state index is 0.284. The third kappa shape index (κ3) is 4.56. The maximum absolute atomic E-state index is 13.0. The van der Waals surface area contributed by atoms with E-state index in [1.807, 2.05) is 17.5 Å². The van der Waals surface area contributed by atoms with Crippen molar-refractivity contribution in [2.75, 3.05) is 6.61 Å². The van der Waals surface area contributed by atoms with E-state index in [1.165, 1.54) is 11.9 Å². The molecule has 1 unspecified atom stereocenters. The number of hydrogen-bond donors (Lipinski definition) is 1. The summed E-state index contributed by atoms with van der Waals surface area (Å²) in [6.07, 6.45) is 5.75. The molecule has 9 heteroatoms. The van der Waals surface area contributed by atoms with Gasteiger partial charge in [-0.1, -0.05) is 25.3 Å². The predicted molar refractivity (Wildman–Crippen MR) is 114 cm³/mol. The number of hydrogen-bond acceptors (Lipinski definition) is 7. The molecule has 1 aliphatic heterocycles. The van der Waals surface area contributed by atoms with E-state index in [0.717, 1.165) is 29.9 Å². The number of nitrogens with one attached hydrogen (secondary N) is 1. The Morgan fingerprint density at radius 1 is 1.26 bits per heavy atom. The molecule has 0 bridgehead atoms. The van der Waals surface area contributed by atoms with Crippen LogP contribution in [-0.2, 0) is 19.1 Å². The molecule has 0 aromatic carbocycles. The van der Waals surface area contributed by atoms with Crippen molar-refractivity contribution in [2.24, 2.45) is 5.10 Å². The van der Waals surface area contributed by atoms with E-state index in [1.54, 1.807) is 29.7 Å². The Kier molecular flexibility index (Phi) is 6.22. The van der Waals surface area contributed by atoms with E-state index in [0.29, 0.717) is 25.0 Å². The first kappa shape index (κ1) is 21.3. The number of ether oxygens (including phenoxy) is 1. The molecule has 0 radical (unpaired) electrons. The summed E-state index contributed by atoms with van der Waals surface area (Å²) in [6.45, 7) is 0.937. The van der Waals surface area contributed by atoms with Crippen LogP contribution in [0.2, 0.25) is 0 Å². The van der Waals surface area contributed by atoms with E-state index in [4.69, 9.17) is 9.15 Å². The van der Waals surface area contributed by atoms with Crippen LogP contribution in [0.25, 0.3) is 0 Å². The summed E-state index contributed by atoms with van der Waals surface area (Å²) in [5.74, 6) is -0.660. The molecule has 3 heterocycles. The normalized spacial score (nSPS) is 20.2. The van der Waals surface area contributed by atoms with Gasteiger partial charge in [-0.25, -0.2) is 9.80 Å². The van der Waals surface area contributed by atoms with Gasteiger partial charge >= 0.3 is 5.97 Å². The number of nitrogens with zero attached hydrogens (tertiary/aromatic N) is 2. The van der Waals surface area contributed by atoms with Crippen LogP contribution in [0.5, 0.6) is 0 Å². The van der Waals surface area contributed by atoms with Gasteiger partial charge in [-0.05, 0) is 36.4 Å². The highest BCUT2D eigenvalue weighted by molar-refractivity contribution is 7.12. The zero-order valence-electron chi connectivity index (χ0n) is 17.3. The summed E-state index contributed by atoms with van der Waals surface area (Å²) in [4.78, 5) is 38.5. The number of furan rings is 1. The Bertz CT molecular complexity index is 961. The summed E-state index contributed by atoms with van der Waals surface area (Å²) < 4.78 is 10.9. The van der Waals surface area contributed by atoms with Gasteiger partial charge in [-0.15, -0.1) is 11.3 Å². The molecule has 0 spiro atoms. The molecule has 1 saturated carbocycles. The monoisotopic (exact) mass is 443 g/mol. The topological polar surface area (TPSA) is 101 Å². The number of rotatable bonds is 6. The average molecular weight is 444 g/mol. The van der Waals surface area contributed by atoms with E-state index >= 15 is 0 Å². The van der Waals surface area contributed by atoms with Crippen LogP contribution in [0.1, 0.15) is 62.1 Å². The predicted octanol–water partition coefficient (Wildman–Crippen LogP) is 3.40. The molecule has 2 amide bonds. The van der Waals surface area contributed by atoms with Crippen molar-refractivity contribution < 1.29 is 23.5 Å². The lowest BCUT2D eigenvalue weighted by molar-refractivity contribution is -0.161. The quantitative estimate of drug-likeness (QED) is 0.690. The lowest BCUT2D eigenvalue weighted by atomic mass is 9.81. The highest BCUT2D eigenvalue weighted by atomic mass is 32.1. The van der Waals surface area contributed by atoms with Gasteiger partial charge in [0, 0.05) is 13.3 Å². The Balaban J connectivity index is 1.48. The van der Waals surface area contributed by atoms with Gasteiger partial charge in [-0.2, -0.15) is 5.10 Å². The molecule has 31 heavy (non-hydrogen) atoms. The summed E-state index contributed by atoms with van der Waals surface area (Å²) in [5, 5.41) is 10.6. The molecule has 1 fully saturated rings. The summed E-state index contributed by atoms with van der Waals surface area (Å²) in [6, 6.07) is 7.07. The second-order valence-electron chi connectivity index (χ2n) is 7.90. The zero-order chi connectivity index (χ0) is 21.8. The number of thiophene rings is 1. The van der Waals surface area contributed by atoms with Crippen LogP contribution in [0.15, 0.2) is 45.4 Å². The first-order chi connectivity index (χ1) is 15.0. The molecule has 2 aromatic heterocycles. The maximum atomic E-state index is 13.0. The van der Waals surface area contributed by atoms with Gasteiger partial charge in [0.2, 0.25) is 5.91 Å². The molecule has 1 aliphatic carbocycles. The second-order valence-corrected chi connectivity index (χ2v) is 8.85. The third-order valence-electron chi connectivity index (χ3n) is 5.68. The zero-order valence-corrected chi connectivity index (χ0v) is 18.2. The molecule has 2 aromatic rings. The molecule has 1 atom stereocenters. The number of amides is 2. The van der Waals surface area contributed by atoms with Crippen LogP contribution < -0.4 is 5.32 Å². The molecule has 8 nitrogen and oxygen atoms in total. The molecule has 4 rings (SSSR count). The Labute approximate surface area is 184 Å². The second kappa shape index (κ2) is 9.05. The van der Waals surface area contributed by atoms with E-state index in [-0.39, 0.29) is 5.91 Å². The highest BCUT2D eigenvalue weighted by Gasteiger charge is 2.43. The maximum Gasteiger partial charge on any atom is 0.332 e. The molecule has 0 saturated heterocycles. The fraction of sp³-hybridized carbons (Fsp3) is 0.455. The Hall–Kier alpha value is -2.94. The van der Waals surface area contributed by atoms with Crippen LogP contribution in [-0.4, -0.2) is 40.7 Å². The summed E-state index contributed by atoms with van der Waals surface area (Å²) in [5.41, 5.74) is -0.264. The lowest BCUT2D eigenvalue weighted by Gasteiger charge is -2.35. The average Bonchev–Trinajstić information content (AvgIpc) is 3.52. The van der Waals surface area contributed by atoms with Gasteiger partial charge < -0.3 is 14.5 Å². The van der Waals surface area contributed by atoms with Crippen molar-refractivity contribution in [2.45, 2.75) is 57.0 Å². The fourth-order valence-electron chi connectivity index (χ4n) is 4.24. The lowest BCUT2D eigenvalue weighted by Crippen LogP contribution is -2.56. The number of carbonyl (C=O) groups excluding carboxylic acids is 3. The van der Waals surface area contributed by atoms with E-state index in [2.05, 4.69) is 10.4 Å². The van der Waals surface area contributed by atoms with Crippen molar-refractivity contribution >= 4 is 34.8 Å². The van der Waals surface area contributed by atoms with E-state index < -0.39 is 30.1 Å². The smallest absolute Gasteiger partial charge is 0.332 e. The largest absolute Gasteiger partial charge is 0.467 e. The molecular formula is C22H25N3O5S. The molecule has 164 valence electrons. The first-order valence-electron chi connectivity index (χ1n) is 10.4. The standard InChI is InChI=1S/C22H25N3O5S/c1-15(26)23-22(9-3-2-4-10-22)21(28)30-14-20(27)25-17(18-7-5-11-29-18)13-16(24-25)19-8-6-12-31-19/h5-8,11-12,17H,2-4,9-10,13-14H2,1H3,(H,23,26). The third-order valence-corrected chi connectivity index (χ3v) is 6.60. The van der Waals surface area contributed by atoms with Crippen LogP contribution in [0.4, 0.5) is 0 Å². The van der Waals surface area contributed by atoms with Crippen molar-refractivity contribution in [1.29, 1.82) is 0 Å². The van der Waals surface area contributed by atoms with Crippen LogP contribution >= 0.6 is 11.3 Å². The van der Waals surface area contributed by atoms with Crippen LogP contribution in [0.3, 0.4) is 0 Å². The van der Waals surface area contributed by atoms with Gasteiger partial charge in [0.25, 0.3) is 5.91 Å². The van der Waals surface area contributed by atoms with Crippen molar-refractivity contribution in [3.05, 3.63) is 46.5 Å². The summed E-state index contributed by atoms with van der Waals surface area (Å²) in [7, 11) is 0. The first-order valence-corrected chi connectivity index (χ1v) is 11.3. The summed E-state index contributed by atoms with van der Waals surface area (Å²) >= 11 is 1.55. The molecular weight excluding hydrogens is 418 g/mol. The minimum atomic E-state index is -1.05. The minimum Gasteiger partial charge on any atom is -0.467 e. The van der Waals surface area contributed by atoms with Crippen molar-refractivity contribution in [3.63, 3.8) is 0 Å². The van der Waals surface area contributed by atoms with Gasteiger partial charge in [0.1, 0.15) is 17.3 Å². The molecule has 1 N–H and O–H groups in total. The fourth-order valence-corrected chi connectivity index (χ4v) is 4.96. The highest BCUT2D eigenvalue weighted by Crippen LogP contribution is 2.34. The number of hydrazone groups is 1. The van der Waals surface area contributed by atoms with Gasteiger partial charge in [0.05, 0.1) is 16.9 Å². The molecule has 2 aliphatic rings. The van der Waals surface area contributed by atoms with Crippen molar-refractivity contribution in [1.82, 2.24) is 10.3 Å².